The van der Waals surface area contributed by atoms with Crippen LogP contribution in [0.15, 0.2) is 11.4 Å². The smallest absolute Gasteiger partial charge is 0.187 e. The molecule has 0 spiro atoms. The third-order valence-corrected chi connectivity index (χ3v) is 3.73. The van der Waals surface area contributed by atoms with Crippen LogP contribution in [0.2, 0.25) is 0 Å². The Balaban J connectivity index is 2.11. The molecule has 0 bridgehead atoms. The van der Waals surface area contributed by atoms with Gasteiger partial charge in [-0.15, -0.1) is 11.3 Å². The van der Waals surface area contributed by atoms with Gasteiger partial charge < -0.3 is 5.73 Å². The molecule has 0 amide bonds. The summed E-state index contributed by atoms with van der Waals surface area (Å²) in [4.78, 5) is 16.5. The fourth-order valence-electron chi connectivity index (χ4n) is 1.95. The number of aryl methyl sites for hydroxylation is 2. The lowest BCUT2D eigenvalue weighted by Gasteiger charge is -2.02. The largest absolute Gasteiger partial charge is 0.330 e. The van der Waals surface area contributed by atoms with Crippen LogP contribution in [0.4, 0.5) is 0 Å². The highest BCUT2D eigenvalue weighted by molar-refractivity contribution is 7.09. The number of nitrogens with zero attached hydrogens (tertiary/aromatic N) is 3. The van der Waals surface area contributed by atoms with Crippen molar-refractivity contribution >= 4 is 17.1 Å². The number of nitrogens with two attached hydrogens (primary N) is 1. The van der Waals surface area contributed by atoms with Crippen LogP contribution in [0.5, 0.6) is 0 Å². The van der Waals surface area contributed by atoms with E-state index in [1.165, 1.54) is 11.3 Å². The van der Waals surface area contributed by atoms with Crippen LogP contribution < -0.4 is 5.73 Å². The van der Waals surface area contributed by atoms with Gasteiger partial charge in [-0.05, 0) is 26.5 Å². The van der Waals surface area contributed by atoms with E-state index in [1.807, 2.05) is 30.0 Å². The van der Waals surface area contributed by atoms with Gasteiger partial charge in [-0.1, -0.05) is 0 Å². The number of carbonyl (C=O) groups is 1. The quantitative estimate of drug-likeness (QED) is 0.814. The number of rotatable bonds is 6. The van der Waals surface area contributed by atoms with Crippen molar-refractivity contribution in [1.29, 1.82) is 0 Å². The van der Waals surface area contributed by atoms with Gasteiger partial charge in [0.15, 0.2) is 5.78 Å². The molecule has 2 aromatic heterocycles. The minimum atomic E-state index is 0.0362. The Morgan fingerprint density at radius 3 is 3.00 bits per heavy atom. The molecule has 0 aliphatic rings. The van der Waals surface area contributed by atoms with Gasteiger partial charge in [-0.2, -0.15) is 5.10 Å². The van der Waals surface area contributed by atoms with Crippen molar-refractivity contribution < 1.29 is 4.79 Å². The molecule has 0 radical (unpaired) electrons. The topological polar surface area (TPSA) is 73.8 Å². The van der Waals surface area contributed by atoms with Gasteiger partial charge in [0.25, 0.3) is 0 Å². The highest BCUT2D eigenvalue weighted by Crippen LogP contribution is 2.13. The van der Waals surface area contributed by atoms with Gasteiger partial charge in [0.1, 0.15) is 5.69 Å². The van der Waals surface area contributed by atoms with Crippen LogP contribution in [0.1, 0.15) is 33.8 Å². The maximum absolute atomic E-state index is 12.2. The van der Waals surface area contributed by atoms with E-state index in [0.717, 1.165) is 29.4 Å². The second-order valence-electron chi connectivity index (χ2n) is 4.36. The predicted molar refractivity (Wildman–Crippen MR) is 75.5 cm³/mol. The summed E-state index contributed by atoms with van der Waals surface area (Å²) in [7, 11) is 0. The number of carbonyl (C=O) groups excluding carboxylic acids is 1. The van der Waals surface area contributed by atoms with Crippen molar-refractivity contribution in [3.05, 3.63) is 33.5 Å². The molecule has 102 valence electrons. The third kappa shape index (κ3) is 3.27. The van der Waals surface area contributed by atoms with E-state index >= 15 is 0 Å². The van der Waals surface area contributed by atoms with Gasteiger partial charge in [-0.3, -0.25) is 9.48 Å². The average Bonchev–Trinajstić information content (AvgIpc) is 2.96. The van der Waals surface area contributed by atoms with Gasteiger partial charge in [0.2, 0.25) is 0 Å². The first-order chi connectivity index (χ1) is 9.13. The van der Waals surface area contributed by atoms with E-state index in [1.54, 1.807) is 0 Å². The van der Waals surface area contributed by atoms with Gasteiger partial charge in [-0.25, -0.2) is 4.98 Å². The number of hydrogen-bond acceptors (Lipinski definition) is 5. The van der Waals surface area contributed by atoms with Gasteiger partial charge in [0.05, 0.1) is 17.1 Å². The van der Waals surface area contributed by atoms with Crippen LogP contribution >= 0.6 is 11.3 Å². The molecule has 0 saturated heterocycles. The molecule has 5 nitrogen and oxygen atoms in total. The van der Waals surface area contributed by atoms with Crippen LogP contribution in [-0.2, 0) is 19.4 Å². The highest BCUT2D eigenvalue weighted by atomic mass is 32.1. The maximum Gasteiger partial charge on any atom is 0.187 e. The van der Waals surface area contributed by atoms with E-state index in [-0.39, 0.29) is 5.78 Å². The zero-order valence-corrected chi connectivity index (χ0v) is 12.0. The molecule has 0 aromatic carbocycles. The Kier molecular flexibility index (Phi) is 4.44. The Morgan fingerprint density at radius 2 is 2.32 bits per heavy atom. The molecule has 0 aliphatic carbocycles. The Labute approximate surface area is 116 Å². The maximum atomic E-state index is 12.2. The van der Waals surface area contributed by atoms with E-state index in [0.29, 0.717) is 18.7 Å². The summed E-state index contributed by atoms with van der Waals surface area (Å²) in [6, 6.07) is 1.95. The fraction of sp³-hybridized carbons (Fsp3) is 0.462. The third-order valence-electron chi connectivity index (χ3n) is 2.82. The monoisotopic (exact) mass is 278 g/mol. The number of ketones is 1. The number of Topliss-reactive ketones (excluding diaryl/α,β-unsaturated/α-hetero) is 1. The summed E-state index contributed by atoms with van der Waals surface area (Å²) in [6.45, 7) is 5.28. The highest BCUT2D eigenvalue weighted by Gasteiger charge is 2.14. The van der Waals surface area contributed by atoms with Crippen molar-refractivity contribution in [2.45, 2.75) is 33.2 Å². The second-order valence-corrected chi connectivity index (χ2v) is 5.30. The summed E-state index contributed by atoms with van der Waals surface area (Å²) < 4.78 is 1.86. The molecule has 0 fully saturated rings. The number of aromatic nitrogens is 3. The lowest BCUT2D eigenvalue weighted by Crippen LogP contribution is -2.10. The SMILES string of the molecule is CCn1nc(C)cc1CC(=O)c1csc(CCN)n1. The van der Waals surface area contributed by atoms with Crippen molar-refractivity contribution in [3.8, 4) is 0 Å². The summed E-state index contributed by atoms with van der Waals surface area (Å²) in [5, 5.41) is 7.08. The Hall–Kier alpha value is -1.53. The normalized spacial score (nSPS) is 10.9. The van der Waals surface area contributed by atoms with Crippen molar-refractivity contribution in [2.75, 3.05) is 6.54 Å². The summed E-state index contributed by atoms with van der Waals surface area (Å²) >= 11 is 1.49. The van der Waals surface area contributed by atoms with E-state index in [9.17, 15) is 4.79 Å². The Morgan fingerprint density at radius 1 is 1.53 bits per heavy atom. The lowest BCUT2D eigenvalue weighted by molar-refractivity contribution is 0.0986. The van der Waals surface area contributed by atoms with Crippen LogP contribution in [0, 0.1) is 6.92 Å². The van der Waals surface area contributed by atoms with Crippen LogP contribution in [0.25, 0.3) is 0 Å². The molecule has 6 heteroatoms. The molecule has 0 atom stereocenters. The summed E-state index contributed by atoms with van der Waals surface area (Å²) in [5.41, 5.74) is 7.90. The molecular formula is C13H18N4OS. The van der Waals surface area contributed by atoms with E-state index in [4.69, 9.17) is 5.73 Å². The zero-order valence-electron chi connectivity index (χ0n) is 11.2. The molecule has 2 heterocycles. The zero-order chi connectivity index (χ0) is 13.8. The number of thiazole rings is 1. The molecule has 2 N–H and O–H groups in total. The van der Waals surface area contributed by atoms with E-state index in [2.05, 4.69) is 10.1 Å². The minimum absolute atomic E-state index is 0.0362. The Bertz CT molecular complexity index is 573. The van der Waals surface area contributed by atoms with Crippen molar-refractivity contribution in [3.63, 3.8) is 0 Å². The average molecular weight is 278 g/mol. The lowest BCUT2D eigenvalue weighted by atomic mass is 10.2. The van der Waals surface area contributed by atoms with E-state index < -0.39 is 0 Å². The van der Waals surface area contributed by atoms with Crippen molar-refractivity contribution in [1.82, 2.24) is 14.8 Å². The number of hydrogen-bond donors (Lipinski definition) is 1. The second kappa shape index (κ2) is 6.08. The standard InChI is InChI=1S/C13H18N4OS/c1-3-17-10(6-9(2)16-17)7-12(18)11-8-19-13(15-11)4-5-14/h6,8H,3-5,7,14H2,1-2H3. The first-order valence-corrected chi connectivity index (χ1v) is 7.23. The van der Waals surface area contributed by atoms with Gasteiger partial charge >= 0.3 is 0 Å². The molecule has 2 aromatic rings. The molecule has 0 aliphatic heterocycles. The fourth-order valence-corrected chi connectivity index (χ4v) is 2.77. The first kappa shape index (κ1) is 13.9. The summed E-state index contributed by atoms with van der Waals surface area (Å²) in [5.74, 6) is 0.0362. The summed E-state index contributed by atoms with van der Waals surface area (Å²) in [6.07, 6.45) is 1.07. The molecule has 2 rings (SSSR count). The predicted octanol–water partition coefficient (Wildman–Crippen LogP) is 1.59. The minimum Gasteiger partial charge on any atom is -0.330 e. The first-order valence-electron chi connectivity index (χ1n) is 6.35. The molecule has 0 saturated carbocycles. The van der Waals surface area contributed by atoms with Gasteiger partial charge in [0, 0.05) is 24.0 Å². The molecule has 19 heavy (non-hydrogen) atoms. The van der Waals surface area contributed by atoms with Crippen LogP contribution in [0.3, 0.4) is 0 Å². The molecule has 0 unspecified atom stereocenters. The van der Waals surface area contributed by atoms with Crippen LogP contribution in [-0.4, -0.2) is 27.1 Å². The molecular weight excluding hydrogens is 260 g/mol. The van der Waals surface area contributed by atoms with Crippen molar-refractivity contribution in [2.24, 2.45) is 5.73 Å².